The number of carbonyl (C=O) groups is 2. The van der Waals surface area contributed by atoms with Crippen molar-refractivity contribution in [2.24, 2.45) is 5.10 Å². The molecular formula is C25H23FN2O3. The molecule has 3 aromatic rings. The Hall–Kier alpha value is -3.80. The van der Waals surface area contributed by atoms with Gasteiger partial charge in [-0.3, -0.25) is 9.59 Å². The average molecular weight is 418 g/mol. The van der Waals surface area contributed by atoms with Gasteiger partial charge in [0.1, 0.15) is 18.2 Å². The van der Waals surface area contributed by atoms with Gasteiger partial charge in [0.05, 0.1) is 6.21 Å². The number of amides is 1. The number of ether oxygens (including phenoxy) is 1. The number of ketones is 1. The molecule has 0 aliphatic carbocycles. The summed E-state index contributed by atoms with van der Waals surface area (Å²) in [5.74, 6) is -0.536. The molecule has 0 heterocycles. The normalized spacial score (nSPS) is 10.8. The Morgan fingerprint density at radius 1 is 1.00 bits per heavy atom. The number of hydrogen-bond acceptors (Lipinski definition) is 4. The zero-order valence-corrected chi connectivity index (χ0v) is 17.2. The van der Waals surface area contributed by atoms with Gasteiger partial charge in [-0.1, -0.05) is 54.1 Å². The fourth-order valence-electron chi connectivity index (χ4n) is 2.90. The monoisotopic (exact) mass is 418 g/mol. The molecule has 0 aliphatic heterocycles. The van der Waals surface area contributed by atoms with E-state index in [1.165, 1.54) is 24.4 Å². The molecule has 158 valence electrons. The van der Waals surface area contributed by atoms with Crippen LogP contribution in [0.5, 0.6) is 5.75 Å². The molecule has 1 amide bonds. The van der Waals surface area contributed by atoms with Crippen LogP contribution in [0, 0.1) is 12.7 Å². The van der Waals surface area contributed by atoms with Gasteiger partial charge in [-0.25, -0.2) is 9.82 Å². The number of nitrogens with zero attached hydrogens (tertiary/aromatic N) is 1. The Balaban J connectivity index is 1.54. The largest absolute Gasteiger partial charge is 0.488 e. The summed E-state index contributed by atoms with van der Waals surface area (Å²) in [7, 11) is 0. The third-order valence-corrected chi connectivity index (χ3v) is 4.52. The van der Waals surface area contributed by atoms with Crippen LogP contribution in [0.4, 0.5) is 4.39 Å². The number of hydrazone groups is 1. The number of rotatable bonds is 9. The van der Waals surface area contributed by atoms with Crippen molar-refractivity contribution >= 4 is 17.9 Å². The maximum atomic E-state index is 13.2. The van der Waals surface area contributed by atoms with Gasteiger partial charge in [0.15, 0.2) is 5.78 Å². The molecule has 0 aromatic heterocycles. The molecular weight excluding hydrogens is 395 g/mol. The summed E-state index contributed by atoms with van der Waals surface area (Å²) < 4.78 is 19.1. The molecule has 0 unspecified atom stereocenters. The van der Waals surface area contributed by atoms with Crippen LogP contribution in [-0.2, 0) is 11.4 Å². The first-order chi connectivity index (χ1) is 15.0. The van der Waals surface area contributed by atoms with Gasteiger partial charge >= 0.3 is 0 Å². The minimum atomic E-state index is -0.483. The predicted octanol–water partition coefficient (Wildman–Crippen LogP) is 4.83. The number of Topliss-reactive ketones (excluding diaryl/α,β-unsaturated/α-hetero) is 1. The summed E-state index contributed by atoms with van der Waals surface area (Å²) in [5, 5.41) is 3.99. The second-order valence-corrected chi connectivity index (χ2v) is 7.04. The van der Waals surface area contributed by atoms with E-state index >= 15 is 0 Å². The van der Waals surface area contributed by atoms with Crippen LogP contribution >= 0.6 is 0 Å². The van der Waals surface area contributed by atoms with E-state index in [4.69, 9.17) is 4.74 Å². The van der Waals surface area contributed by atoms with Crippen LogP contribution in [0.2, 0.25) is 0 Å². The molecule has 3 rings (SSSR count). The van der Waals surface area contributed by atoms with Crippen molar-refractivity contribution < 1.29 is 18.7 Å². The summed E-state index contributed by atoms with van der Waals surface area (Å²) in [6.45, 7) is 2.37. The highest BCUT2D eigenvalue weighted by atomic mass is 19.1. The van der Waals surface area contributed by atoms with Gasteiger partial charge in [0.25, 0.3) is 0 Å². The maximum Gasteiger partial charge on any atom is 0.240 e. The molecule has 0 bridgehead atoms. The molecule has 0 radical (unpaired) electrons. The van der Waals surface area contributed by atoms with E-state index < -0.39 is 11.7 Å². The Kier molecular flexibility index (Phi) is 7.65. The summed E-state index contributed by atoms with van der Waals surface area (Å²) in [6.07, 6.45) is 1.44. The first-order valence-corrected chi connectivity index (χ1v) is 9.89. The van der Waals surface area contributed by atoms with Crippen molar-refractivity contribution in [2.45, 2.75) is 26.4 Å². The van der Waals surface area contributed by atoms with Crippen LogP contribution in [0.1, 0.15) is 39.9 Å². The number of benzene rings is 3. The van der Waals surface area contributed by atoms with E-state index in [9.17, 15) is 14.0 Å². The van der Waals surface area contributed by atoms with Crippen molar-refractivity contribution in [3.63, 3.8) is 0 Å². The SMILES string of the molecule is Cc1ccc(OCc2ccccc2)c(/C=N/NC(=O)CCC(=O)c2cccc(F)c2)c1. The predicted molar refractivity (Wildman–Crippen MR) is 118 cm³/mol. The van der Waals surface area contributed by atoms with Gasteiger partial charge in [0.2, 0.25) is 5.91 Å². The first kappa shape index (κ1) is 21.9. The number of hydrogen-bond donors (Lipinski definition) is 1. The molecule has 0 aliphatic rings. The minimum Gasteiger partial charge on any atom is -0.488 e. The molecule has 3 aromatic carbocycles. The lowest BCUT2D eigenvalue weighted by molar-refractivity contribution is -0.121. The second kappa shape index (κ2) is 10.8. The zero-order valence-electron chi connectivity index (χ0n) is 17.2. The minimum absolute atomic E-state index is 0.0271. The van der Waals surface area contributed by atoms with Crippen LogP contribution in [0.15, 0.2) is 77.9 Å². The summed E-state index contributed by atoms with van der Waals surface area (Å²) in [6, 6.07) is 20.9. The molecule has 5 nitrogen and oxygen atoms in total. The summed E-state index contributed by atoms with van der Waals surface area (Å²) in [4.78, 5) is 24.1. The molecule has 0 atom stereocenters. The number of carbonyl (C=O) groups excluding carboxylic acids is 2. The molecule has 0 fully saturated rings. The van der Waals surface area contributed by atoms with Crippen molar-refractivity contribution in [2.75, 3.05) is 0 Å². The molecule has 0 saturated heterocycles. The Morgan fingerprint density at radius 3 is 2.58 bits per heavy atom. The average Bonchev–Trinajstić information content (AvgIpc) is 2.77. The van der Waals surface area contributed by atoms with Gasteiger partial charge in [-0.15, -0.1) is 0 Å². The fraction of sp³-hybridized carbons (Fsp3) is 0.160. The molecule has 6 heteroatoms. The molecule has 31 heavy (non-hydrogen) atoms. The van der Waals surface area contributed by atoms with Crippen LogP contribution in [-0.4, -0.2) is 17.9 Å². The topological polar surface area (TPSA) is 67.8 Å². The maximum absolute atomic E-state index is 13.2. The van der Waals surface area contributed by atoms with Gasteiger partial charge < -0.3 is 4.74 Å². The number of nitrogens with one attached hydrogen (secondary N) is 1. The van der Waals surface area contributed by atoms with Crippen LogP contribution in [0.25, 0.3) is 0 Å². The fourth-order valence-corrected chi connectivity index (χ4v) is 2.90. The third-order valence-electron chi connectivity index (χ3n) is 4.52. The highest BCUT2D eigenvalue weighted by molar-refractivity contribution is 5.98. The Bertz CT molecular complexity index is 1080. The van der Waals surface area contributed by atoms with Gasteiger partial charge in [-0.05, 0) is 36.8 Å². The lowest BCUT2D eigenvalue weighted by Gasteiger charge is -2.10. The van der Waals surface area contributed by atoms with Crippen molar-refractivity contribution in [3.8, 4) is 5.75 Å². The van der Waals surface area contributed by atoms with Crippen LogP contribution in [0.3, 0.4) is 0 Å². The van der Waals surface area contributed by atoms with E-state index in [-0.39, 0.29) is 24.2 Å². The standard InChI is InChI=1S/C25H23FN2O3/c1-18-10-12-24(31-17-19-6-3-2-4-7-19)21(14-18)16-27-28-25(30)13-11-23(29)20-8-5-9-22(26)15-20/h2-10,12,14-16H,11,13,17H2,1H3,(H,28,30)/b27-16+. The van der Waals surface area contributed by atoms with E-state index in [1.54, 1.807) is 0 Å². The van der Waals surface area contributed by atoms with Gasteiger partial charge in [-0.2, -0.15) is 5.10 Å². The van der Waals surface area contributed by atoms with E-state index in [0.717, 1.165) is 22.8 Å². The summed E-state index contributed by atoms with van der Waals surface area (Å²) >= 11 is 0. The quantitative estimate of drug-likeness (QED) is 0.308. The molecule has 1 N–H and O–H groups in total. The summed E-state index contributed by atoms with van der Waals surface area (Å²) in [5.41, 5.74) is 5.47. The lowest BCUT2D eigenvalue weighted by atomic mass is 10.1. The second-order valence-electron chi connectivity index (χ2n) is 7.04. The molecule has 0 spiro atoms. The van der Waals surface area contributed by atoms with Crippen LogP contribution < -0.4 is 10.2 Å². The number of halogens is 1. The lowest BCUT2D eigenvalue weighted by Crippen LogP contribution is -2.18. The van der Waals surface area contributed by atoms with Crippen molar-refractivity contribution in [3.05, 3.63) is 101 Å². The third kappa shape index (κ3) is 6.89. The first-order valence-electron chi connectivity index (χ1n) is 9.89. The smallest absolute Gasteiger partial charge is 0.240 e. The number of aryl methyl sites for hydroxylation is 1. The molecule has 0 saturated carbocycles. The van der Waals surface area contributed by atoms with Crippen molar-refractivity contribution in [1.82, 2.24) is 5.43 Å². The van der Waals surface area contributed by atoms with Gasteiger partial charge in [0, 0.05) is 24.0 Å². The highest BCUT2D eigenvalue weighted by Gasteiger charge is 2.10. The Labute approximate surface area is 180 Å². The highest BCUT2D eigenvalue weighted by Crippen LogP contribution is 2.19. The zero-order chi connectivity index (χ0) is 22.1. The van der Waals surface area contributed by atoms with E-state index in [2.05, 4.69) is 10.5 Å². The van der Waals surface area contributed by atoms with Crippen molar-refractivity contribution in [1.29, 1.82) is 0 Å². The van der Waals surface area contributed by atoms with E-state index in [1.807, 2.05) is 55.5 Å². The van der Waals surface area contributed by atoms with E-state index in [0.29, 0.717) is 12.4 Å². The Morgan fingerprint density at radius 2 is 1.81 bits per heavy atom.